The second-order valence-electron chi connectivity index (χ2n) is 5.18. The maximum atomic E-state index is 12.0. The summed E-state index contributed by atoms with van der Waals surface area (Å²) >= 11 is 0. The van der Waals surface area contributed by atoms with Crippen LogP contribution in [0.15, 0.2) is 29.1 Å². The zero-order valence-electron chi connectivity index (χ0n) is 11.5. The van der Waals surface area contributed by atoms with Crippen molar-refractivity contribution < 1.29 is 0 Å². The number of pyridine rings is 1. The minimum Gasteiger partial charge on any atom is -0.321 e. The molecule has 1 aromatic heterocycles. The average molecular weight is 264 g/mol. The largest absolute Gasteiger partial charge is 0.321 e. The SMILES string of the molecule is CCc1ccc(-c2[nH]c(=O)c(C#N)c3c2CCC3)cc1. The third kappa shape index (κ3) is 1.94. The van der Waals surface area contributed by atoms with Gasteiger partial charge in [-0.2, -0.15) is 5.26 Å². The fourth-order valence-electron chi connectivity index (χ4n) is 2.96. The summed E-state index contributed by atoms with van der Waals surface area (Å²) in [4.78, 5) is 15.0. The number of nitriles is 1. The molecule has 0 atom stereocenters. The van der Waals surface area contributed by atoms with Crippen LogP contribution in [0, 0.1) is 11.3 Å². The lowest BCUT2D eigenvalue weighted by Crippen LogP contribution is -2.15. The number of nitrogens with one attached hydrogen (secondary N) is 1. The summed E-state index contributed by atoms with van der Waals surface area (Å²) in [5.41, 5.74) is 5.33. The van der Waals surface area contributed by atoms with E-state index in [4.69, 9.17) is 5.26 Å². The van der Waals surface area contributed by atoms with Crippen molar-refractivity contribution in [2.75, 3.05) is 0 Å². The summed E-state index contributed by atoms with van der Waals surface area (Å²) in [5, 5.41) is 9.14. The maximum Gasteiger partial charge on any atom is 0.266 e. The third-order valence-electron chi connectivity index (χ3n) is 4.05. The Morgan fingerprint density at radius 2 is 1.90 bits per heavy atom. The first-order chi connectivity index (χ1) is 9.74. The van der Waals surface area contributed by atoms with Gasteiger partial charge in [-0.05, 0) is 47.9 Å². The lowest BCUT2D eigenvalue weighted by molar-refractivity contribution is 0.910. The topological polar surface area (TPSA) is 56.6 Å². The highest BCUT2D eigenvalue weighted by molar-refractivity contribution is 5.67. The molecule has 1 aliphatic rings. The molecule has 0 aliphatic heterocycles. The summed E-state index contributed by atoms with van der Waals surface area (Å²) in [6.07, 6.45) is 3.79. The van der Waals surface area contributed by atoms with Crippen molar-refractivity contribution in [1.82, 2.24) is 4.98 Å². The van der Waals surface area contributed by atoms with Crippen LogP contribution in [0.1, 0.15) is 35.6 Å². The Hall–Kier alpha value is -2.34. The predicted octanol–water partition coefficient (Wildman–Crippen LogP) is 2.96. The number of nitrogens with zero attached hydrogens (tertiary/aromatic N) is 1. The van der Waals surface area contributed by atoms with Crippen molar-refractivity contribution in [2.45, 2.75) is 32.6 Å². The fourth-order valence-corrected chi connectivity index (χ4v) is 2.96. The Labute approximate surface area is 117 Å². The summed E-state index contributed by atoms with van der Waals surface area (Å²) < 4.78 is 0. The molecule has 0 radical (unpaired) electrons. The van der Waals surface area contributed by atoms with E-state index in [9.17, 15) is 4.79 Å². The van der Waals surface area contributed by atoms with Crippen LogP contribution < -0.4 is 5.56 Å². The number of benzene rings is 1. The number of aromatic nitrogens is 1. The average Bonchev–Trinajstić information content (AvgIpc) is 2.96. The molecule has 0 fully saturated rings. The van der Waals surface area contributed by atoms with Gasteiger partial charge in [0.15, 0.2) is 0 Å². The van der Waals surface area contributed by atoms with Gasteiger partial charge in [0.2, 0.25) is 0 Å². The van der Waals surface area contributed by atoms with E-state index < -0.39 is 0 Å². The van der Waals surface area contributed by atoms with Crippen molar-refractivity contribution in [2.24, 2.45) is 0 Å². The minimum absolute atomic E-state index is 0.261. The molecule has 1 N–H and O–H groups in total. The van der Waals surface area contributed by atoms with Crippen molar-refractivity contribution in [3.63, 3.8) is 0 Å². The highest BCUT2D eigenvalue weighted by Crippen LogP contribution is 2.31. The number of rotatable bonds is 2. The molecule has 3 heteroatoms. The zero-order valence-corrected chi connectivity index (χ0v) is 11.5. The van der Waals surface area contributed by atoms with Crippen LogP contribution in [0.25, 0.3) is 11.3 Å². The normalized spacial score (nSPS) is 13.0. The molecule has 0 amide bonds. The van der Waals surface area contributed by atoms with Crippen molar-refractivity contribution in [3.05, 3.63) is 56.9 Å². The molecule has 0 unspecified atom stereocenters. The molecule has 1 aliphatic carbocycles. The molecule has 3 nitrogen and oxygen atoms in total. The van der Waals surface area contributed by atoms with Gasteiger partial charge in [-0.1, -0.05) is 31.2 Å². The Bertz CT molecular complexity index is 748. The van der Waals surface area contributed by atoms with Crippen LogP contribution >= 0.6 is 0 Å². The highest BCUT2D eigenvalue weighted by Gasteiger charge is 2.22. The first-order valence-electron chi connectivity index (χ1n) is 7.02. The second-order valence-corrected chi connectivity index (χ2v) is 5.18. The van der Waals surface area contributed by atoms with E-state index in [1.807, 2.05) is 6.07 Å². The summed E-state index contributed by atoms with van der Waals surface area (Å²) in [6.45, 7) is 2.12. The molecule has 1 heterocycles. The van der Waals surface area contributed by atoms with Crippen LogP contribution in [-0.4, -0.2) is 4.98 Å². The summed E-state index contributed by atoms with van der Waals surface area (Å²) in [6, 6.07) is 10.3. The number of aryl methyl sites for hydroxylation is 1. The van der Waals surface area contributed by atoms with Gasteiger partial charge in [-0.3, -0.25) is 4.79 Å². The van der Waals surface area contributed by atoms with E-state index in [-0.39, 0.29) is 5.56 Å². The lowest BCUT2D eigenvalue weighted by atomic mass is 9.99. The fraction of sp³-hybridized carbons (Fsp3) is 0.294. The molecule has 3 rings (SSSR count). The van der Waals surface area contributed by atoms with Gasteiger partial charge in [0.1, 0.15) is 11.6 Å². The van der Waals surface area contributed by atoms with Crippen LogP contribution in [0.5, 0.6) is 0 Å². The van der Waals surface area contributed by atoms with Crippen LogP contribution in [0.4, 0.5) is 0 Å². The molecule has 2 aromatic rings. The Morgan fingerprint density at radius 1 is 1.20 bits per heavy atom. The van der Waals surface area contributed by atoms with Gasteiger partial charge in [-0.25, -0.2) is 0 Å². The Morgan fingerprint density at radius 3 is 2.55 bits per heavy atom. The van der Waals surface area contributed by atoms with Gasteiger partial charge in [0.25, 0.3) is 5.56 Å². The number of fused-ring (bicyclic) bond motifs is 1. The zero-order chi connectivity index (χ0) is 14.1. The smallest absolute Gasteiger partial charge is 0.266 e. The number of H-pyrrole nitrogens is 1. The van der Waals surface area contributed by atoms with E-state index in [1.165, 1.54) is 5.56 Å². The molecule has 100 valence electrons. The van der Waals surface area contributed by atoms with E-state index >= 15 is 0 Å². The van der Waals surface area contributed by atoms with E-state index in [1.54, 1.807) is 0 Å². The highest BCUT2D eigenvalue weighted by atomic mass is 16.1. The Balaban J connectivity index is 2.20. The summed E-state index contributed by atoms with van der Waals surface area (Å²) in [7, 11) is 0. The van der Waals surface area contributed by atoms with E-state index in [0.717, 1.165) is 48.1 Å². The standard InChI is InChI=1S/C17H16N2O/c1-2-11-6-8-12(9-7-11)16-14-5-3-4-13(14)15(10-18)17(20)19-16/h6-9H,2-5H2,1H3,(H,19,20). The van der Waals surface area contributed by atoms with Crippen LogP contribution in [0.3, 0.4) is 0 Å². The minimum atomic E-state index is -0.261. The molecule has 0 spiro atoms. The second kappa shape index (κ2) is 4.97. The number of hydrogen-bond acceptors (Lipinski definition) is 2. The molecule has 20 heavy (non-hydrogen) atoms. The van der Waals surface area contributed by atoms with Crippen LogP contribution in [0.2, 0.25) is 0 Å². The van der Waals surface area contributed by atoms with E-state index in [0.29, 0.717) is 5.56 Å². The van der Waals surface area contributed by atoms with Crippen molar-refractivity contribution >= 4 is 0 Å². The van der Waals surface area contributed by atoms with Gasteiger partial charge >= 0.3 is 0 Å². The Kier molecular flexibility index (Phi) is 3.15. The van der Waals surface area contributed by atoms with E-state index in [2.05, 4.69) is 36.2 Å². The van der Waals surface area contributed by atoms with Crippen LogP contribution in [-0.2, 0) is 19.3 Å². The van der Waals surface area contributed by atoms with Crippen molar-refractivity contribution in [3.8, 4) is 17.3 Å². The quantitative estimate of drug-likeness (QED) is 0.906. The first kappa shape index (κ1) is 12.7. The molecule has 1 aromatic carbocycles. The molecule has 0 saturated heterocycles. The predicted molar refractivity (Wildman–Crippen MR) is 78.6 cm³/mol. The molecular weight excluding hydrogens is 248 g/mol. The maximum absolute atomic E-state index is 12.0. The number of hydrogen-bond donors (Lipinski definition) is 1. The summed E-state index contributed by atoms with van der Waals surface area (Å²) in [5.74, 6) is 0. The first-order valence-corrected chi connectivity index (χ1v) is 7.02. The molecule has 0 bridgehead atoms. The monoisotopic (exact) mass is 264 g/mol. The van der Waals surface area contributed by atoms with Gasteiger partial charge in [0, 0.05) is 0 Å². The number of aromatic amines is 1. The third-order valence-corrected chi connectivity index (χ3v) is 4.05. The lowest BCUT2D eigenvalue weighted by Gasteiger charge is -2.10. The molecule has 0 saturated carbocycles. The van der Waals surface area contributed by atoms with Gasteiger partial charge in [0.05, 0.1) is 5.69 Å². The van der Waals surface area contributed by atoms with Gasteiger partial charge in [-0.15, -0.1) is 0 Å². The molecular formula is C17H16N2O. The van der Waals surface area contributed by atoms with Crippen molar-refractivity contribution in [1.29, 1.82) is 5.26 Å². The van der Waals surface area contributed by atoms with Gasteiger partial charge < -0.3 is 4.98 Å².